The van der Waals surface area contributed by atoms with Crippen molar-refractivity contribution in [1.82, 2.24) is 0 Å². The molecule has 0 spiro atoms. The predicted octanol–water partition coefficient (Wildman–Crippen LogP) is 8.53. The zero-order valence-corrected chi connectivity index (χ0v) is 18.9. The molecule has 27 heavy (non-hydrogen) atoms. The van der Waals surface area contributed by atoms with Gasteiger partial charge in [0.1, 0.15) is 5.75 Å². The van der Waals surface area contributed by atoms with Gasteiger partial charge in [0, 0.05) is 0 Å². The second-order valence-electron chi connectivity index (χ2n) is 9.45. The number of ether oxygens (including phenoxy) is 1. The summed E-state index contributed by atoms with van der Waals surface area (Å²) in [5, 5.41) is 0. The van der Waals surface area contributed by atoms with Crippen molar-refractivity contribution in [2.75, 3.05) is 6.61 Å². The van der Waals surface area contributed by atoms with Crippen LogP contribution < -0.4 is 4.74 Å². The molecule has 0 fully saturated rings. The fourth-order valence-corrected chi connectivity index (χ4v) is 3.83. The minimum Gasteiger partial charge on any atom is -0.494 e. The number of rotatable bonds is 16. The lowest BCUT2D eigenvalue weighted by atomic mass is 9.91. The van der Waals surface area contributed by atoms with E-state index < -0.39 is 0 Å². The van der Waals surface area contributed by atoms with Crippen LogP contribution >= 0.6 is 0 Å². The molecular weight excluding hydrogens is 328 g/mol. The molecule has 0 aliphatic rings. The Hall–Kier alpha value is -0.980. The molecule has 1 aromatic carbocycles. The van der Waals surface area contributed by atoms with E-state index in [-0.39, 0.29) is 0 Å². The van der Waals surface area contributed by atoms with Crippen LogP contribution in [-0.2, 0) is 0 Å². The summed E-state index contributed by atoms with van der Waals surface area (Å²) in [7, 11) is 0. The van der Waals surface area contributed by atoms with Gasteiger partial charge in [0.25, 0.3) is 0 Å². The molecule has 1 rings (SSSR count). The molecule has 1 nitrogen and oxygen atoms in total. The highest BCUT2D eigenvalue weighted by Crippen LogP contribution is 2.22. The molecule has 3 unspecified atom stereocenters. The molecule has 0 N–H and O–H groups in total. The van der Waals surface area contributed by atoms with E-state index in [4.69, 9.17) is 4.74 Å². The standard InChI is InChI=1S/C26H46O/c1-22(2)12-9-13-23(3)14-10-15-24(4)16-11-17-25(5)20-21-27-26-18-7-6-8-19-26/h6-8,18-19,22-25H,9-17,20-21H2,1-5H3. The van der Waals surface area contributed by atoms with Gasteiger partial charge < -0.3 is 4.74 Å². The second-order valence-corrected chi connectivity index (χ2v) is 9.45. The third kappa shape index (κ3) is 13.8. The summed E-state index contributed by atoms with van der Waals surface area (Å²) in [6.45, 7) is 12.8. The molecule has 1 aromatic rings. The Balaban J connectivity index is 1.97. The van der Waals surface area contributed by atoms with Crippen molar-refractivity contribution in [2.24, 2.45) is 23.7 Å². The van der Waals surface area contributed by atoms with Gasteiger partial charge in [-0.2, -0.15) is 0 Å². The highest BCUT2D eigenvalue weighted by atomic mass is 16.5. The Bertz CT molecular complexity index is 439. The summed E-state index contributed by atoms with van der Waals surface area (Å²) < 4.78 is 5.82. The predicted molar refractivity (Wildman–Crippen MR) is 120 cm³/mol. The maximum atomic E-state index is 5.82. The highest BCUT2D eigenvalue weighted by molar-refractivity contribution is 5.20. The van der Waals surface area contributed by atoms with Crippen LogP contribution in [0.4, 0.5) is 0 Å². The Morgan fingerprint density at radius 2 is 1.04 bits per heavy atom. The summed E-state index contributed by atoms with van der Waals surface area (Å²) >= 11 is 0. The van der Waals surface area contributed by atoms with E-state index in [9.17, 15) is 0 Å². The Kier molecular flexibility index (Phi) is 13.4. The van der Waals surface area contributed by atoms with E-state index in [0.29, 0.717) is 0 Å². The van der Waals surface area contributed by atoms with Crippen LogP contribution in [0.15, 0.2) is 30.3 Å². The third-order valence-electron chi connectivity index (χ3n) is 5.89. The van der Waals surface area contributed by atoms with E-state index in [1.807, 2.05) is 30.3 Å². The van der Waals surface area contributed by atoms with Gasteiger partial charge in [-0.25, -0.2) is 0 Å². The van der Waals surface area contributed by atoms with Crippen molar-refractivity contribution in [3.8, 4) is 5.75 Å². The zero-order valence-electron chi connectivity index (χ0n) is 18.9. The smallest absolute Gasteiger partial charge is 0.119 e. The lowest BCUT2D eigenvalue weighted by molar-refractivity contribution is 0.274. The summed E-state index contributed by atoms with van der Waals surface area (Å²) in [5.41, 5.74) is 0. The zero-order chi connectivity index (χ0) is 19.9. The Morgan fingerprint density at radius 1 is 0.593 bits per heavy atom. The molecule has 0 radical (unpaired) electrons. The van der Waals surface area contributed by atoms with Crippen LogP contribution in [0.3, 0.4) is 0 Å². The number of benzene rings is 1. The Morgan fingerprint density at radius 3 is 1.52 bits per heavy atom. The van der Waals surface area contributed by atoms with Gasteiger partial charge in [0.2, 0.25) is 0 Å². The first kappa shape index (κ1) is 24.1. The largest absolute Gasteiger partial charge is 0.494 e. The Labute approximate surface area is 170 Å². The monoisotopic (exact) mass is 374 g/mol. The van der Waals surface area contributed by atoms with Crippen molar-refractivity contribution < 1.29 is 4.74 Å². The van der Waals surface area contributed by atoms with Crippen LogP contribution in [0.5, 0.6) is 5.75 Å². The number of para-hydroxylation sites is 1. The number of hydrogen-bond acceptors (Lipinski definition) is 1. The van der Waals surface area contributed by atoms with Crippen molar-refractivity contribution in [2.45, 2.75) is 98.8 Å². The average molecular weight is 375 g/mol. The summed E-state index contributed by atoms with van der Waals surface area (Å²) in [5.74, 6) is 4.43. The second kappa shape index (κ2) is 15.0. The van der Waals surface area contributed by atoms with E-state index in [1.54, 1.807) is 0 Å². The van der Waals surface area contributed by atoms with Crippen LogP contribution in [-0.4, -0.2) is 6.61 Å². The fourth-order valence-electron chi connectivity index (χ4n) is 3.83. The lowest BCUT2D eigenvalue weighted by Gasteiger charge is -2.16. The first-order valence-corrected chi connectivity index (χ1v) is 11.6. The first-order chi connectivity index (χ1) is 13.0. The molecule has 156 valence electrons. The van der Waals surface area contributed by atoms with Gasteiger partial charge >= 0.3 is 0 Å². The van der Waals surface area contributed by atoms with E-state index in [0.717, 1.165) is 42.4 Å². The maximum absolute atomic E-state index is 5.82. The van der Waals surface area contributed by atoms with Crippen LogP contribution in [0, 0.1) is 23.7 Å². The SMILES string of the molecule is CC(C)CCCC(C)CCCC(C)CCCC(C)CCOc1ccccc1. The summed E-state index contributed by atoms with van der Waals surface area (Å²) in [6, 6.07) is 10.2. The molecule has 1 heteroatoms. The summed E-state index contributed by atoms with van der Waals surface area (Å²) in [6.07, 6.45) is 13.8. The first-order valence-electron chi connectivity index (χ1n) is 11.6. The molecule has 0 aliphatic carbocycles. The topological polar surface area (TPSA) is 9.23 Å². The van der Waals surface area contributed by atoms with Crippen LogP contribution in [0.1, 0.15) is 98.8 Å². The highest BCUT2D eigenvalue weighted by Gasteiger charge is 2.08. The van der Waals surface area contributed by atoms with Crippen molar-refractivity contribution in [1.29, 1.82) is 0 Å². The molecule has 0 heterocycles. The molecular formula is C26H46O. The molecule has 0 aliphatic heterocycles. The fraction of sp³-hybridized carbons (Fsp3) is 0.769. The lowest BCUT2D eigenvalue weighted by Crippen LogP contribution is -2.05. The molecule has 0 amide bonds. The number of hydrogen-bond donors (Lipinski definition) is 0. The third-order valence-corrected chi connectivity index (χ3v) is 5.89. The average Bonchev–Trinajstić information content (AvgIpc) is 2.62. The van der Waals surface area contributed by atoms with E-state index in [2.05, 4.69) is 34.6 Å². The van der Waals surface area contributed by atoms with Crippen molar-refractivity contribution in [3.63, 3.8) is 0 Å². The quantitative estimate of drug-likeness (QED) is 0.282. The molecule has 0 saturated heterocycles. The van der Waals surface area contributed by atoms with E-state index >= 15 is 0 Å². The van der Waals surface area contributed by atoms with Crippen LogP contribution in [0.25, 0.3) is 0 Å². The van der Waals surface area contributed by atoms with E-state index in [1.165, 1.54) is 57.8 Å². The maximum Gasteiger partial charge on any atom is 0.119 e. The van der Waals surface area contributed by atoms with Gasteiger partial charge in [-0.3, -0.25) is 0 Å². The van der Waals surface area contributed by atoms with Crippen molar-refractivity contribution >= 4 is 0 Å². The normalized spacial score (nSPS) is 14.9. The van der Waals surface area contributed by atoms with Gasteiger partial charge in [-0.1, -0.05) is 111 Å². The van der Waals surface area contributed by atoms with Crippen LogP contribution in [0.2, 0.25) is 0 Å². The summed E-state index contributed by atoms with van der Waals surface area (Å²) in [4.78, 5) is 0. The van der Waals surface area contributed by atoms with Gasteiger partial charge in [0.15, 0.2) is 0 Å². The van der Waals surface area contributed by atoms with Gasteiger partial charge in [-0.15, -0.1) is 0 Å². The molecule has 0 bridgehead atoms. The molecule has 0 aromatic heterocycles. The van der Waals surface area contributed by atoms with Gasteiger partial charge in [-0.05, 0) is 42.2 Å². The minimum atomic E-state index is 0.766. The molecule has 3 atom stereocenters. The van der Waals surface area contributed by atoms with Gasteiger partial charge in [0.05, 0.1) is 6.61 Å². The molecule has 0 saturated carbocycles. The van der Waals surface area contributed by atoms with Crippen molar-refractivity contribution in [3.05, 3.63) is 30.3 Å². The minimum absolute atomic E-state index is 0.766.